The molecule has 118 valence electrons. The maximum atomic E-state index is 11.4. The smallest absolute Gasteiger partial charge is 0.380 e. The predicted molar refractivity (Wildman–Crippen MR) is 67.7 cm³/mol. The monoisotopic (exact) mass is 312 g/mol. The topological polar surface area (TPSA) is 136 Å². The number of hydrogen-bond acceptors (Lipinski definition) is 7. The van der Waals surface area contributed by atoms with Crippen LogP contribution in [0.25, 0.3) is 0 Å². The van der Waals surface area contributed by atoms with Crippen LogP contribution in [0.15, 0.2) is 24.3 Å². The minimum Gasteiger partial charge on any atom is -0.480 e. The molecule has 0 amide bonds. The van der Waals surface area contributed by atoms with Gasteiger partial charge in [0.25, 0.3) is 0 Å². The lowest BCUT2D eigenvalue weighted by atomic mass is 10.1. The zero-order valence-electron chi connectivity index (χ0n) is 11.2. The fraction of sp³-hybridized carbons (Fsp3) is 0.231. The molecular weight excluding hydrogens is 300 g/mol. The maximum Gasteiger partial charge on any atom is 0.380 e. The van der Waals surface area contributed by atoms with Gasteiger partial charge in [-0.05, 0) is 17.7 Å². The van der Waals surface area contributed by atoms with Crippen molar-refractivity contribution < 1.29 is 43.9 Å². The molecule has 9 nitrogen and oxygen atoms in total. The van der Waals surface area contributed by atoms with Crippen molar-refractivity contribution in [3.05, 3.63) is 35.4 Å². The lowest BCUT2D eigenvalue weighted by molar-refractivity contribution is -0.261. The van der Waals surface area contributed by atoms with E-state index in [9.17, 15) is 19.2 Å². The van der Waals surface area contributed by atoms with E-state index in [0.29, 0.717) is 5.56 Å². The van der Waals surface area contributed by atoms with Crippen molar-refractivity contribution in [1.82, 2.24) is 0 Å². The molecule has 2 N–H and O–H groups in total. The van der Waals surface area contributed by atoms with E-state index >= 15 is 0 Å². The van der Waals surface area contributed by atoms with Gasteiger partial charge in [-0.3, -0.25) is 0 Å². The van der Waals surface area contributed by atoms with Crippen LogP contribution in [0.5, 0.6) is 0 Å². The van der Waals surface area contributed by atoms with E-state index in [1.54, 1.807) is 0 Å². The molecule has 0 atom stereocenters. The van der Waals surface area contributed by atoms with Crippen LogP contribution in [0, 0.1) is 0 Å². The summed E-state index contributed by atoms with van der Waals surface area (Å²) in [5.74, 6) is -4.29. The van der Waals surface area contributed by atoms with Crippen LogP contribution in [0.1, 0.15) is 15.9 Å². The summed E-state index contributed by atoms with van der Waals surface area (Å²) in [6.07, 6.45) is -0.233. The number of rotatable bonds is 7. The Bertz CT molecular complexity index is 561. The first kappa shape index (κ1) is 17.1. The first-order chi connectivity index (χ1) is 10.4. The SMILES string of the molecule is O=C(O)COCC(=O)OOC(=O)Cc1ccc(C(=O)O)cc1. The summed E-state index contributed by atoms with van der Waals surface area (Å²) in [5.41, 5.74) is 0.535. The highest BCUT2D eigenvalue weighted by Crippen LogP contribution is 2.06. The molecule has 22 heavy (non-hydrogen) atoms. The third-order valence-corrected chi connectivity index (χ3v) is 2.22. The molecular formula is C13H12O9. The van der Waals surface area contributed by atoms with Crippen LogP contribution in [-0.4, -0.2) is 47.3 Å². The third-order valence-electron chi connectivity index (χ3n) is 2.22. The van der Waals surface area contributed by atoms with E-state index in [0.717, 1.165) is 0 Å². The summed E-state index contributed by atoms with van der Waals surface area (Å²) in [6, 6.07) is 5.47. The molecule has 9 heteroatoms. The van der Waals surface area contributed by atoms with Gasteiger partial charge in [0, 0.05) is 0 Å². The molecule has 0 heterocycles. The summed E-state index contributed by atoms with van der Waals surface area (Å²) >= 11 is 0. The van der Waals surface area contributed by atoms with Gasteiger partial charge in [0.1, 0.15) is 13.2 Å². The molecule has 0 aliphatic rings. The highest BCUT2D eigenvalue weighted by molar-refractivity contribution is 5.87. The quantitative estimate of drug-likeness (QED) is 0.527. The molecule has 0 unspecified atom stereocenters. The van der Waals surface area contributed by atoms with Crippen molar-refractivity contribution in [3.63, 3.8) is 0 Å². The number of carbonyl (C=O) groups is 4. The fourth-order valence-corrected chi connectivity index (χ4v) is 1.30. The zero-order chi connectivity index (χ0) is 16.5. The van der Waals surface area contributed by atoms with Crippen LogP contribution < -0.4 is 0 Å². The molecule has 0 bridgehead atoms. The van der Waals surface area contributed by atoms with Gasteiger partial charge >= 0.3 is 23.9 Å². The first-order valence-corrected chi connectivity index (χ1v) is 5.90. The van der Waals surface area contributed by atoms with Crippen LogP contribution in [0.3, 0.4) is 0 Å². The van der Waals surface area contributed by atoms with Crippen molar-refractivity contribution in [2.75, 3.05) is 13.2 Å². The summed E-state index contributed by atoms with van der Waals surface area (Å²) in [5, 5.41) is 17.0. The Morgan fingerprint density at radius 1 is 0.864 bits per heavy atom. The predicted octanol–water partition coefficient (Wildman–Crippen LogP) is 0.0299. The van der Waals surface area contributed by atoms with E-state index in [4.69, 9.17) is 10.2 Å². The summed E-state index contributed by atoms with van der Waals surface area (Å²) in [6.45, 7) is -1.36. The number of ether oxygens (including phenoxy) is 1. The van der Waals surface area contributed by atoms with Gasteiger partial charge in [-0.25, -0.2) is 29.0 Å². The first-order valence-electron chi connectivity index (χ1n) is 5.90. The summed E-state index contributed by atoms with van der Waals surface area (Å²) in [4.78, 5) is 51.5. The largest absolute Gasteiger partial charge is 0.480 e. The Balaban J connectivity index is 2.32. The number of aromatic carboxylic acids is 1. The average molecular weight is 312 g/mol. The summed E-state index contributed by atoms with van der Waals surface area (Å²) < 4.78 is 4.42. The molecule has 0 aromatic heterocycles. The Kier molecular flexibility index (Phi) is 6.51. The fourth-order valence-electron chi connectivity index (χ4n) is 1.30. The normalized spacial score (nSPS) is 9.82. The number of aliphatic carboxylic acids is 1. The number of benzene rings is 1. The third kappa shape index (κ3) is 6.48. The molecule has 0 aliphatic heterocycles. The van der Waals surface area contributed by atoms with Crippen LogP contribution in [-0.2, 0) is 35.3 Å². The van der Waals surface area contributed by atoms with Crippen LogP contribution >= 0.6 is 0 Å². The van der Waals surface area contributed by atoms with E-state index < -0.39 is 37.1 Å². The second-order valence-corrected chi connectivity index (χ2v) is 3.98. The highest BCUT2D eigenvalue weighted by Gasteiger charge is 2.12. The maximum absolute atomic E-state index is 11.4. The Labute approximate surface area is 123 Å². The molecule has 0 saturated heterocycles. The number of hydrogen-bond donors (Lipinski definition) is 2. The van der Waals surface area contributed by atoms with E-state index in [-0.39, 0.29) is 12.0 Å². The molecule has 0 fully saturated rings. The average Bonchev–Trinajstić information content (AvgIpc) is 2.45. The molecule has 1 rings (SSSR count). The van der Waals surface area contributed by atoms with Gasteiger partial charge in [-0.2, -0.15) is 0 Å². The van der Waals surface area contributed by atoms with Gasteiger partial charge < -0.3 is 14.9 Å². The Hall–Kier alpha value is -2.94. The zero-order valence-corrected chi connectivity index (χ0v) is 11.2. The minimum atomic E-state index is -1.25. The van der Waals surface area contributed by atoms with Crippen molar-refractivity contribution in [2.45, 2.75) is 6.42 Å². The van der Waals surface area contributed by atoms with Crippen molar-refractivity contribution in [1.29, 1.82) is 0 Å². The van der Waals surface area contributed by atoms with Crippen molar-refractivity contribution in [2.24, 2.45) is 0 Å². The number of carboxylic acid groups (broad SMARTS) is 2. The molecule has 0 radical (unpaired) electrons. The van der Waals surface area contributed by atoms with Gasteiger partial charge in [0.2, 0.25) is 0 Å². The van der Waals surface area contributed by atoms with Crippen molar-refractivity contribution in [3.8, 4) is 0 Å². The van der Waals surface area contributed by atoms with E-state index in [1.807, 2.05) is 0 Å². The highest BCUT2D eigenvalue weighted by atomic mass is 17.2. The van der Waals surface area contributed by atoms with Crippen LogP contribution in [0.2, 0.25) is 0 Å². The second-order valence-electron chi connectivity index (χ2n) is 3.98. The Morgan fingerprint density at radius 2 is 1.45 bits per heavy atom. The lowest BCUT2D eigenvalue weighted by Crippen LogP contribution is -2.19. The summed E-state index contributed by atoms with van der Waals surface area (Å²) in [7, 11) is 0. The number of carbonyl (C=O) groups excluding carboxylic acids is 2. The van der Waals surface area contributed by atoms with E-state index in [1.165, 1.54) is 24.3 Å². The number of carboxylic acids is 2. The standard InChI is InChI=1S/C13H12O9/c14-10(15)6-20-7-12(17)22-21-11(16)5-8-1-3-9(4-2-8)13(18)19/h1-4H,5-7H2,(H,14,15)(H,18,19). The van der Waals surface area contributed by atoms with E-state index in [2.05, 4.69) is 14.5 Å². The lowest BCUT2D eigenvalue weighted by Gasteiger charge is -2.04. The van der Waals surface area contributed by atoms with Gasteiger partial charge in [0.15, 0.2) is 0 Å². The second kappa shape index (κ2) is 8.37. The molecule has 1 aromatic carbocycles. The molecule has 0 aliphatic carbocycles. The molecule has 1 aromatic rings. The minimum absolute atomic E-state index is 0.0686. The van der Waals surface area contributed by atoms with Gasteiger partial charge in [0.05, 0.1) is 12.0 Å². The molecule has 0 saturated carbocycles. The van der Waals surface area contributed by atoms with Crippen LogP contribution in [0.4, 0.5) is 0 Å². The van der Waals surface area contributed by atoms with Gasteiger partial charge in [-0.1, -0.05) is 12.1 Å². The van der Waals surface area contributed by atoms with Crippen molar-refractivity contribution >= 4 is 23.9 Å². The van der Waals surface area contributed by atoms with Gasteiger partial charge in [-0.15, -0.1) is 0 Å². The molecule has 0 spiro atoms. The Morgan fingerprint density at radius 3 is 2.00 bits per heavy atom.